The van der Waals surface area contributed by atoms with E-state index in [0.717, 1.165) is 35.9 Å². The van der Waals surface area contributed by atoms with Gasteiger partial charge in [0.1, 0.15) is 11.5 Å². The largest absolute Gasteiger partial charge is 0.496 e. The summed E-state index contributed by atoms with van der Waals surface area (Å²) in [6, 6.07) is 6.19. The number of Topliss-reactive ketones (excluding diaryl/α,β-unsaturated/α-hetero) is 1. The van der Waals surface area contributed by atoms with Crippen molar-refractivity contribution in [1.82, 2.24) is 0 Å². The van der Waals surface area contributed by atoms with Gasteiger partial charge in [-0.1, -0.05) is 12.5 Å². The van der Waals surface area contributed by atoms with Crippen LogP contribution in [0, 0.1) is 5.92 Å². The summed E-state index contributed by atoms with van der Waals surface area (Å²) in [6.07, 6.45) is 5.96. The first-order valence-electron chi connectivity index (χ1n) is 6.53. The van der Waals surface area contributed by atoms with Crippen molar-refractivity contribution in [3.05, 3.63) is 28.2 Å². The van der Waals surface area contributed by atoms with Gasteiger partial charge in [-0.15, -0.1) is 0 Å². The minimum atomic E-state index is 0.435. The summed E-state index contributed by atoms with van der Waals surface area (Å²) in [4.78, 5) is 11.6. The Morgan fingerprint density at radius 1 is 1.39 bits per heavy atom. The monoisotopic (exact) mass is 310 g/mol. The molecule has 1 unspecified atom stereocenters. The van der Waals surface area contributed by atoms with Crippen LogP contribution in [-0.4, -0.2) is 12.9 Å². The molecule has 0 aliphatic heterocycles. The van der Waals surface area contributed by atoms with Crippen LogP contribution in [0.4, 0.5) is 0 Å². The lowest BCUT2D eigenvalue weighted by molar-refractivity contribution is -0.119. The highest BCUT2D eigenvalue weighted by Crippen LogP contribution is 2.29. The van der Waals surface area contributed by atoms with E-state index in [0.29, 0.717) is 11.7 Å². The second-order valence-electron chi connectivity index (χ2n) is 5.03. The molecular formula is C15H19BrO2. The van der Waals surface area contributed by atoms with E-state index in [1.54, 1.807) is 7.11 Å². The van der Waals surface area contributed by atoms with Gasteiger partial charge in [-0.05, 0) is 58.8 Å². The van der Waals surface area contributed by atoms with Crippen LogP contribution in [0.15, 0.2) is 22.7 Å². The molecule has 1 aromatic rings. The SMILES string of the molecule is COc1ccc(CC2CCCCC(=O)C2)cc1Br. The van der Waals surface area contributed by atoms with E-state index < -0.39 is 0 Å². The number of ether oxygens (including phenoxy) is 1. The van der Waals surface area contributed by atoms with Gasteiger partial charge in [-0.3, -0.25) is 4.79 Å². The maximum absolute atomic E-state index is 11.6. The van der Waals surface area contributed by atoms with Gasteiger partial charge in [0.15, 0.2) is 0 Å². The summed E-state index contributed by atoms with van der Waals surface area (Å²) in [5, 5.41) is 0. The second kappa shape index (κ2) is 6.37. The Morgan fingerprint density at radius 3 is 2.94 bits per heavy atom. The van der Waals surface area contributed by atoms with Crippen LogP contribution >= 0.6 is 15.9 Å². The predicted octanol–water partition coefficient (Wildman–Crippen LogP) is 4.15. The molecule has 3 heteroatoms. The summed E-state index contributed by atoms with van der Waals surface area (Å²) in [5.41, 5.74) is 1.28. The molecule has 98 valence electrons. The molecule has 0 saturated heterocycles. The third-order valence-corrected chi connectivity index (χ3v) is 4.19. The Bertz CT molecular complexity index is 429. The van der Waals surface area contributed by atoms with Crippen molar-refractivity contribution in [2.24, 2.45) is 5.92 Å². The van der Waals surface area contributed by atoms with Crippen LogP contribution < -0.4 is 4.74 Å². The molecule has 1 aromatic carbocycles. The minimum absolute atomic E-state index is 0.435. The summed E-state index contributed by atoms with van der Waals surface area (Å²) in [7, 11) is 1.67. The van der Waals surface area contributed by atoms with Crippen LogP contribution in [0.2, 0.25) is 0 Å². The van der Waals surface area contributed by atoms with Crippen molar-refractivity contribution >= 4 is 21.7 Å². The first-order chi connectivity index (χ1) is 8.69. The van der Waals surface area contributed by atoms with Gasteiger partial charge in [-0.25, -0.2) is 0 Å². The Morgan fingerprint density at radius 2 is 2.22 bits per heavy atom. The Labute approximate surface area is 117 Å². The maximum atomic E-state index is 11.6. The zero-order valence-electron chi connectivity index (χ0n) is 10.7. The standard InChI is InChI=1S/C15H19BrO2/c1-18-15-7-6-12(10-14(15)16)8-11-4-2-3-5-13(17)9-11/h6-7,10-11H,2-5,8-9H2,1H3. The fourth-order valence-corrected chi connectivity index (χ4v) is 3.21. The van der Waals surface area contributed by atoms with Gasteiger partial charge in [-0.2, -0.15) is 0 Å². The lowest BCUT2D eigenvalue weighted by Crippen LogP contribution is -2.08. The van der Waals surface area contributed by atoms with Crippen LogP contribution in [0.5, 0.6) is 5.75 Å². The Hall–Kier alpha value is -0.830. The zero-order chi connectivity index (χ0) is 13.0. The smallest absolute Gasteiger partial charge is 0.133 e. The third-order valence-electron chi connectivity index (χ3n) is 3.57. The van der Waals surface area contributed by atoms with Gasteiger partial charge in [0.25, 0.3) is 0 Å². The van der Waals surface area contributed by atoms with Crippen molar-refractivity contribution < 1.29 is 9.53 Å². The lowest BCUT2D eigenvalue weighted by atomic mass is 9.92. The molecule has 0 amide bonds. The number of hydrogen-bond acceptors (Lipinski definition) is 2. The molecule has 0 N–H and O–H groups in total. The summed E-state index contributed by atoms with van der Waals surface area (Å²) < 4.78 is 6.21. The molecule has 0 heterocycles. The van der Waals surface area contributed by atoms with E-state index in [-0.39, 0.29) is 0 Å². The van der Waals surface area contributed by atoms with Crippen molar-refractivity contribution in [1.29, 1.82) is 0 Å². The molecule has 0 aromatic heterocycles. The number of methoxy groups -OCH3 is 1. The Kier molecular flexibility index (Phi) is 4.81. The second-order valence-corrected chi connectivity index (χ2v) is 5.88. The van der Waals surface area contributed by atoms with E-state index in [4.69, 9.17) is 4.74 Å². The third kappa shape index (κ3) is 3.58. The van der Waals surface area contributed by atoms with Crippen LogP contribution in [0.3, 0.4) is 0 Å². The molecule has 18 heavy (non-hydrogen) atoms. The first-order valence-corrected chi connectivity index (χ1v) is 7.32. The molecule has 0 bridgehead atoms. The molecule has 0 radical (unpaired) electrons. The lowest BCUT2D eigenvalue weighted by Gasteiger charge is -2.14. The van der Waals surface area contributed by atoms with Gasteiger partial charge in [0, 0.05) is 12.8 Å². The quantitative estimate of drug-likeness (QED) is 0.784. The average molecular weight is 311 g/mol. The molecule has 1 aliphatic rings. The predicted molar refractivity (Wildman–Crippen MR) is 76.0 cm³/mol. The molecule has 2 nitrogen and oxygen atoms in total. The summed E-state index contributed by atoms with van der Waals surface area (Å²) in [5.74, 6) is 1.81. The van der Waals surface area contributed by atoms with Crippen LogP contribution in [-0.2, 0) is 11.2 Å². The first kappa shape index (κ1) is 13.6. The van der Waals surface area contributed by atoms with E-state index in [1.165, 1.54) is 18.4 Å². The van der Waals surface area contributed by atoms with E-state index >= 15 is 0 Å². The van der Waals surface area contributed by atoms with Gasteiger partial charge in [0.2, 0.25) is 0 Å². The normalized spacial score (nSPS) is 20.6. The van der Waals surface area contributed by atoms with Gasteiger partial charge in [0.05, 0.1) is 11.6 Å². The number of carbonyl (C=O) groups excluding carboxylic acids is 1. The van der Waals surface area contributed by atoms with E-state index in [1.807, 2.05) is 6.07 Å². The number of rotatable bonds is 3. The highest BCUT2D eigenvalue weighted by atomic mass is 79.9. The van der Waals surface area contributed by atoms with Crippen molar-refractivity contribution in [2.45, 2.75) is 38.5 Å². The van der Waals surface area contributed by atoms with E-state index in [9.17, 15) is 4.79 Å². The molecule has 1 saturated carbocycles. The number of benzene rings is 1. The van der Waals surface area contributed by atoms with Crippen LogP contribution in [0.1, 0.15) is 37.7 Å². The molecule has 1 fully saturated rings. The highest BCUT2D eigenvalue weighted by molar-refractivity contribution is 9.10. The molecule has 1 atom stereocenters. The van der Waals surface area contributed by atoms with Crippen molar-refractivity contribution in [3.8, 4) is 5.75 Å². The fraction of sp³-hybridized carbons (Fsp3) is 0.533. The topological polar surface area (TPSA) is 26.3 Å². The molecular weight excluding hydrogens is 292 g/mol. The Balaban J connectivity index is 2.04. The average Bonchev–Trinajstić information content (AvgIpc) is 2.54. The number of halogens is 1. The number of ketones is 1. The van der Waals surface area contributed by atoms with E-state index in [2.05, 4.69) is 28.1 Å². The molecule has 1 aliphatic carbocycles. The zero-order valence-corrected chi connectivity index (χ0v) is 12.3. The fourth-order valence-electron chi connectivity index (χ4n) is 2.63. The van der Waals surface area contributed by atoms with Crippen molar-refractivity contribution in [2.75, 3.05) is 7.11 Å². The van der Waals surface area contributed by atoms with Gasteiger partial charge >= 0.3 is 0 Å². The minimum Gasteiger partial charge on any atom is -0.496 e. The molecule has 2 rings (SSSR count). The van der Waals surface area contributed by atoms with Crippen molar-refractivity contribution in [3.63, 3.8) is 0 Å². The van der Waals surface area contributed by atoms with Crippen LogP contribution in [0.25, 0.3) is 0 Å². The summed E-state index contributed by atoms with van der Waals surface area (Å²) in [6.45, 7) is 0. The maximum Gasteiger partial charge on any atom is 0.133 e. The number of carbonyl (C=O) groups is 1. The van der Waals surface area contributed by atoms with Gasteiger partial charge < -0.3 is 4.74 Å². The highest BCUT2D eigenvalue weighted by Gasteiger charge is 2.18. The molecule has 0 spiro atoms. The summed E-state index contributed by atoms with van der Waals surface area (Å²) >= 11 is 3.51. The number of hydrogen-bond donors (Lipinski definition) is 0.